The molecule has 0 bridgehead atoms. The van der Waals surface area contributed by atoms with Crippen molar-refractivity contribution in [1.29, 1.82) is 0 Å². The lowest BCUT2D eigenvalue weighted by atomic mass is 10.1. The van der Waals surface area contributed by atoms with Crippen molar-refractivity contribution in [3.8, 4) is 0 Å². The number of nitrogens with zero attached hydrogens (tertiary/aromatic N) is 1. The lowest BCUT2D eigenvalue weighted by molar-refractivity contribution is 0.103. The molecule has 1 aliphatic heterocycles. The molecule has 2 aromatic rings. The number of aromatic nitrogens is 1. The van der Waals surface area contributed by atoms with Gasteiger partial charge < -0.3 is 16.4 Å². The normalized spacial score (nSPS) is 14.4. The fourth-order valence-corrected chi connectivity index (χ4v) is 3.34. The summed E-state index contributed by atoms with van der Waals surface area (Å²) < 4.78 is 0. The third-order valence-electron chi connectivity index (χ3n) is 3.71. The predicted molar refractivity (Wildman–Crippen MR) is 94.7 cm³/mol. The highest BCUT2D eigenvalue weighted by Gasteiger charge is 2.14. The predicted octanol–water partition coefficient (Wildman–Crippen LogP) is 2.27. The van der Waals surface area contributed by atoms with Crippen LogP contribution >= 0.6 is 11.3 Å². The summed E-state index contributed by atoms with van der Waals surface area (Å²) in [4.78, 5) is 17.3. The maximum Gasteiger partial charge on any atom is 0.267 e. The molecule has 0 unspecified atom stereocenters. The van der Waals surface area contributed by atoms with E-state index in [1.807, 2.05) is 24.3 Å². The highest BCUT2D eigenvalue weighted by atomic mass is 32.1. The van der Waals surface area contributed by atoms with Gasteiger partial charge in [-0.1, -0.05) is 18.2 Å². The van der Waals surface area contributed by atoms with Gasteiger partial charge in [0, 0.05) is 12.2 Å². The molecule has 0 spiro atoms. The number of thiazole rings is 1. The molecule has 1 aromatic carbocycles. The lowest BCUT2D eigenvalue weighted by Crippen LogP contribution is -2.19. The second kappa shape index (κ2) is 7.50. The molecule has 4 N–H and O–H groups in total. The molecule has 120 valence electrons. The van der Waals surface area contributed by atoms with Crippen LogP contribution in [0.5, 0.6) is 0 Å². The number of nitrogens with two attached hydrogens (primary N) is 1. The molecule has 1 aliphatic rings. The number of hydrogen-bond acceptors (Lipinski definition) is 5. The van der Waals surface area contributed by atoms with Crippen LogP contribution in [0.25, 0.3) is 5.57 Å². The summed E-state index contributed by atoms with van der Waals surface area (Å²) in [5.74, 6) is -0.116. The van der Waals surface area contributed by atoms with Gasteiger partial charge in [0.25, 0.3) is 5.91 Å². The quantitative estimate of drug-likeness (QED) is 0.786. The Labute approximate surface area is 139 Å². The Morgan fingerprint density at radius 3 is 2.87 bits per heavy atom. The first-order valence-corrected chi connectivity index (χ1v) is 8.54. The second-order valence-electron chi connectivity index (χ2n) is 5.40. The van der Waals surface area contributed by atoms with Crippen molar-refractivity contribution >= 4 is 28.5 Å². The summed E-state index contributed by atoms with van der Waals surface area (Å²) in [6, 6.07) is 7.78. The van der Waals surface area contributed by atoms with Crippen LogP contribution in [-0.4, -0.2) is 30.5 Å². The maximum atomic E-state index is 12.3. The van der Waals surface area contributed by atoms with Crippen LogP contribution in [-0.2, 0) is 6.42 Å². The number of rotatable bonds is 5. The van der Waals surface area contributed by atoms with Crippen LogP contribution < -0.4 is 16.4 Å². The third kappa shape index (κ3) is 4.04. The van der Waals surface area contributed by atoms with Crippen molar-refractivity contribution in [3.63, 3.8) is 0 Å². The Kier molecular flexibility index (Phi) is 5.17. The molecule has 0 aliphatic carbocycles. The van der Waals surface area contributed by atoms with Crippen LogP contribution in [0.1, 0.15) is 26.7 Å². The van der Waals surface area contributed by atoms with Gasteiger partial charge in [-0.05, 0) is 49.2 Å². The zero-order chi connectivity index (χ0) is 16.1. The Hall–Kier alpha value is -2.02. The Morgan fingerprint density at radius 2 is 2.17 bits per heavy atom. The van der Waals surface area contributed by atoms with Gasteiger partial charge in [-0.15, -0.1) is 11.3 Å². The first-order valence-electron chi connectivity index (χ1n) is 7.72. The number of carbonyl (C=O) groups excluding carboxylic acids is 1. The molecule has 6 heteroatoms. The van der Waals surface area contributed by atoms with E-state index in [1.54, 1.807) is 6.20 Å². The molecule has 0 radical (unpaired) electrons. The first-order chi connectivity index (χ1) is 11.3. The number of carbonyl (C=O) groups is 1. The van der Waals surface area contributed by atoms with E-state index in [-0.39, 0.29) is 5.91 Å². The lowest BCUT2D eigenvalue weighted by Gasteiger charge is -2.11. The largest absolute Gasteiger partial charge is 0.330 e. The fourth-order valence-electron chi connectivity index (χ4n) is 2.46. The van der Waals surface area contributed by atoms with Crippen LogP contribution in [0.3, 0.4) is 0 Å². The molecule has 0 saturated heterocycles. The van der Waals surface area contributed by atoms with E-state index in [0.29, 0.717) is 11.4 Å². The topological polar surface area (TPSA) is 80.0 Å². The molecular weight excluding hydrogens is 308 g/mol. The van der Waals surface area contributed by atoms with Crippen molar-refractivity contribution in [2.24, 2.45) is 5.73 Å². The molecular formula is C17H20N4OS. The molecule has 0 fully saturated rings. The Balaban J connectivity index is 1.66. The van der Waals surface area contributed by atoms with Crippen molar-refractivity contribution in [1.82, 2.24) is 10.3 Å². The average molecular weight is 328 g/mol. The molecule has 5 nitrogen and oxygen atoms in total. The van der Waals surface area contributed by atoms with Crippen molar-refractivity contribution < 1.29 is 4.79 Å². The van der Waals surface area contributed by atoms with Gasteiger partial charge in [0.05, 0.1) is 6.20 Å². The third-order valence-corrected chi connectivity index (χ3v) is 4.78. The summed E-state index contributed by atoms with van der Waals surface area (Å²) in [6.07, 6.45) is 5.59. The SMILES string of the molecule is NCCc1ccc(NC(=O)c2cnc(C3=CCNCC3)s2)cc1. The van der Waals surface area contributed by atoms with Crippen LogP contribution in [0.4, 0.5) is 5.69 Å². The van der Waals surface area contributed by atoms with Gasteiger partial charge in [0.1, 0.15) is 9.88 Å². The monoisotopic (exact) mass is 328 g/mol. The number of benzene rings is 1. The highest BCUT2D eigenvalue weighted by molar-refractivity contribution is 7.14. The van der Waals surface area contributed by atoms with Gasteiger partial charge in [-0.3, -0.25) is 4.79 Å². The number of hydrogen-bond donors (Lipinski definition) is 3. The second-order valence-corrected chi connectivity index (χ2v) is 6.43. The Bertz CT molecular complexity index is 706. The smallest absolute Gasteiger partial charge is 0.267 e. The van der Waals surface area contributed by atoms with E-state index >= 15 is 0 Å². The minimum absolute atomic E-state index is 0.116. The first kappa shape index (κ1) is 15.9. The van der Waals surface area contributed by atoms with Gasteiger partial charge in [0.15, 0.2) is 0 Å². The van der Waals surface area contributed by atoms with Gasteiger partial charge in [0.2, 0.25) is 0 Å². The zero-order valence-corrected chi connectivity index (χ0v) is 13.7. The average Bonchev–Trinajstić information content (AvgIpc) is 3.08. The number of nitrogens with one attached hydrogen (secondary N) is 2. The van der Waals surface area contributed by atoms with E-state index in [1.165, 1.54) is 22.5 Å². The molecule has 23 heavy (non-hydrogen) atoms. The van der Waals surface area contributed by atoms with Crippen molar-refractivity contribution in [2.75, 3.05) is 25.0 Å². The van der Waals surface area contributed by atoms with Gasteiger partial charge >= 0.3 is 0 Å². The fraction of sp³-hybridized carbons (Fsp3) is 0.294. The minimum atomic E-state index is -0.116. The number of amides is 1. The van der Waals surface area contributed by atoms with E-state index < -0.39 is 0 Å². The van der Waals surface area contributed by atoms with Crippen LogP contribution in [0, 0.1) is 0 Å². The summed E-state index contributed by atoms with van der Waals surface area (Å²) in [6.45, 7) is 2.45. The van der Waals surface area contributed by atoms with Crippen molar-refractivity contribution in [3.05, 3.63) is 52.0 Å². The van der Waals surface area contributed by atoms with Gasteiger partial charge in [-0.25, -0.2) is 4.98 Å². The van der Waals surface area contributed by atoms with Crippen LogP contribution in [0.2, 0.25) is 0 Å². The van der Waals surface area contributed by atoms with Crippen LogP contribution in [0.15, 0.2) is 36.5 Å². The van der Waals surface area contributed by atoms with Gasteiger partial charge in [-0.2, -0.15) is 0 Å². The van der Waals surface area contributed by atoms with E-state index in [2.05, 4.69) is 21.7 Å². The van der Waals surface area contributed by atoms with E-state index in [9.17, 15) is 4.79 Å². The summed E-state index contributed by atoms with van der Waals surface area (Å²) >= 11 is 1.44. The van der Waals surface area contributed by atoms with Crippen molar-refractivity contribution in [2.45, 2.75) is 12.8 Å². The summed E-state index contributed by atoms with van der Waals surface area (Å²) in [7, 11) is 0. The molecule has 1 aromatic heterocycles. The van der Waals surface area contributed by atoms with E-state index in [4.69, 9.17) is 5.73 Å². The molecule has 3 rings (SSSR count). The summed E-state index contributed by atoms with van der Waals surface area (Å²) in [5, 5.41) is 7.13. The highest BCUT2D eigenvalue weighted by Crippen LogP contribution is 2.25. The maximum absolute atomic E-state index is 12.3. The zero-order valence-electron chi connectivity index (χ0n) is 12.8. The minimum Gasteiger partial charge on any atom is -0.330 e. The summed E-state index contributed by atoms with van der Waals surface area (Å²) in [5.41, 5.74) is 8.71. The molecule has 1 amide bonds. The molecule has 0 saturated carbocycles. The Morgan fingerprint density at radius 1 is 1.35 bits per heavy atom. The van der Waals surface area contributed by atoms with E-state index in [0.717, 1.165) is 36.6 Å². The number of anilines is 1. The molecule has 0 atom stereocenters. The molecule has 2 heterocycles. The standard InChI is InChI=1S/C17H20N4OS/c18-8-5-12-1-3-14(4-2-12)21-16(22)15-11-20-17(23-15)13-6-9-19-10-7-13/h1-4,6,11,19H,5,7-10,18H2,(H,21,22).